The van der Waals surface area contributed by atoms with Crippen LogP contribution < -0.4 is 21.1 Å². The molecule has 3 aliphatic rings. The first-order chi connectivity index (χ1) is 24.7. The number of hydrogen-bond acceptors (Lipinski definition) is 4. The zero-order valence-electron chi connectivity index (χ0n) is 27.6. The molecule has 2 aliphatic heterocycles. The summed E-state index contributed by atoms with van der Waals surface area (Å²) in [4.78, 5) is 0. The maximum Gasteiger partial charge on any atom is 0.132 e. The molecule has 6 aromatic rings. The largest absolute Gasteiger partial charge is 0.457 e. The normalized spacial score (nSPS) is 18.3. The molecule has 6 aromatic carbocycles. The summed E-state index contributed by atoms with van der Waals surface area (Å²) in [6.45, 7) is 0.469. The lowest BCUT2D eigenvalue weighted by Gasteiger charge is -2.40. The predicted octanol–water partition coefficient (Wildman–Crippen LogP) is 9.68. The van der Waals surface area contributed by atoms with Crippen LogP contribution >= 0.6 is 0 Å². The quantitative estimate of drug-likeness (QED) is 0.169. The molecule has 2 unspecified atom stereocenters. The second kappa shape index (κ2) is 12.5. The Kier molecular flexibility index (Phi) is 7.54. The van der Waals surface area contributed by atoms with Crippen molar-refractivity contribution in [1.29, 1.82) is 0 Å². The Labute approximate surface area is 293 Å². The van der Waals surface area contributed by atoms with Crippen LogP contribution in [0, 0.1) is 0 Å². The molecule has 1 spiro atoms. The molecule has 0 aromatic heterocycles. The average Bonchev–Trinajstić information content (AvgIpc) is 3.51. The van der Waals surface area contributed by atoms with E-state index in [1.54, 1.807) is 0 Å². The van der Waals surface area contributed by atoms with E-state index in [1.807, 2.05) is 12.1 Å². The van der Waals surface area contributed by atoms with Gasteiger partial charge in [0, 0.05) is 23.4 Å². The highest BCUT2D eigenvalue weighted by molar-refractivity contribution is 5.85. The van der Waals surface area contributed by atoms with Crippen LogP contribution in [-0.2, 0) is 5.41 Å². The fourth-order valence-corrected chi connectivity index (χ4v) is 7.95. The zero-order valence-corrected chi connectivity index (χ0v) is 27.6. The second-order valence-corrected chi connectivity index (χ2v) is 13.1. The average molecular weight is 648 g/mol. The molecular weight excluding hydrogens is 611 g/mol. The number of hydrogen-bond donors (Lipinski definition) is 3. The van der Waals surface area contributed by atoms with E-state index < -0.39 is 5.41 Å². The van der Waals surface area contributed by atoms with Crippen molar-refractivity contribution in [3.8, 4) is 22.6 Å². The lowest BCUT2D eigenvalue weighted by molar-refractivity contribution is 0.436. The van der Waals surface area contributed by atoms with E-state index in [9.17, 15) is 0 Å². The summed E-state index contributed by atoms with van der Waals surface area (Å²) in [6.07, 6.45) is 8.76. The minimum Gasteiger partial charge on any atom is -0.457 e. The van der Waals surface area contributed by atoms with Gasteiger partial charge in [-0.3, -0.25) is 5.32 Å². The Morgan fingerprint density at radius 2 is 1.26 bits per heavy atom. The van der Waals surface area contributed by atoms with Crippen LogP contribution in [0.5, 0.6) is 11.5 Å². The molecule has 2 heterocycles. The van der Waals surface area contributed by atoms with Crippen molar-refractivity contribution in [1.82, 2.24) is 10.6 Å². The summed E-state index contributed by atoms with van der Waals surface area (Å²) in [5.74, 6) is 1.76. The van der Waals surface area contributed by atoms with Crippen molar-refractivity contribution in [2.24, 2.45) is 5.73 Å². The summed E-state index contributed by atoms with van der Waals surface area (Å²) in [6, 6.07) is 54.0. The van der Waals surface area contributed by atoms with E-state index in [4.69, 9.17) is 10.5 Å². The molecule has 50 heavy (non-hydrogen) atoms. The van der Waals surface area contributed by atoms with Gasteiger partial charge in [-0.2, -0.15) is 0 Å². The Balaban J connectivity index is 1.15. The van der Waals surface area contributed by atoms with E-state index in [-0.39, 0.29) is 12.2 Å². The summed E-state index contributed by atoms with van der Waals surface area (Å²) >= 11 is 0. The van der Waals surface area contributed by atoms with Gasteiger partial charge < -0.3 is 15.8 Å². The van der Waals surface area contributed by atoms with Crippen LogP contribution in [0.25, 0.3) is 22.9 Å². The fourth-order valence-electron chi connectivity index (χ4n) is 7.95. The van der Waals surface area contributed by atoms with Crippen molar-refractivity contribution in [3.63, 3.8) is 0 Å². The first kappa shape index (κ1) is 30.1. The number of nitrogens with two attached hydrogens (primary N) is 1. The fraction of sp³-hybridized carbons (Fsp3) is 0.0870. The lowest BCUT2D eigenvalue weighted by atomic mass is 9.65. The highest BCUT2D eigenvalue weighted by atomic mass is 16.5. The molecule has 1 aliphatic carbocycles. The van der Waals surface area contributed by atoms with Gasteiger partial charge in [-0.25, -0.2) is 0 Å². The van der Waals surface area contributed by atoms with Crippen molar-refractivity contribution in [3.05, 3.63) is 214 Å². The third-order valence-corrected chi connectivity index (χ3v) is 10.2. The molecule has 4 heteroatoms. The smallest absolute Gasteiger partial charge is 0.132 e. The van der Waals surface area contributed by atoms with E-state index in [0.29, 0.717) is 6.54 Å². The summed E-state index contributed by atoms with van der Waals surface area (Å²) in [5, 5.41) is 7.68. The molecule has 4 N–H and O–H groups in total. The minimum atomic E-state index is -0.537. The summed E-state index contributed by atoms with van der Waals surface area (Å²) in [7, 11) is 0. The van der Waals surface area contributed by atoms with Crippen LogP contribution in [0.4, 0.5) is 0 Å². The van der Waals surface area contributed by atoms with Crippen LogP contribution in [0.15, 0.2) is 175 Å². The number of para-hydroxylation sites is 2. The number of nitrogens with one attached hydrogen (secondary N) is 2. The minimum absolute atomic E-state index is 0.0564. The van der Waals surface area contributed by atoms with Crippen LogP contribution in [0.3, 0.4) is 0 Å². The van der Waals surface area contributed by atoms with Gasteiger partial charge in [0.25, 0.3) is 0 Å². The number of fused-ring (bicyclic) bond motifs is 6. The van der Waals surface area contributed by atoms with Crippen molar-refractivity contribution < 1.29 is 4.74 Å². The second-order valence-electron chi connectivity index (χ2n) is 13.1. The first-order valence-corrected chi connectivity index (χ1v) is 17.3. The van der Waals surface area contributed by atoms with Crippen LogP contribution in [0.2, 0.25) is 0 Å². The molecule has 0 saturated carbocycles. The maximum absolute atomic E-state index is 6.52. The molecule has 4 nitrogen and oxygen atoms in total. The Bertz CT molecular complexity index is 2260. The molecule has 9 rings (SSSR count). The third kappa shape index (κ3) is 5.00. The third-order valence-electron chi connectivity index (χ3n) is 10.2. The first-order valence-electron chi connectivity index (χ1n) is 17.3. The topological polar surface area (TPSA) is 59.3 Å². The standard InChI is InChI=1S/C46H37N3O/c47-26-12-19-37-28-35-25-24-34(29-40(35)46(37)38-20-7-9-22-43(38)50-44-23-10-8-21-39(44)46)33-17-11-18-36(27-33)45-48-41(31-13-3-1-4-14-31)30-42(49-45)32-15-5-2-6-16-32/h1-25,27-30,41,45,48-49H,26,47H2/b19-12-. The number of ether oxygens (including phenoxy) is 1. The molecule has 0 amide bonds. The molecule has 0 radical (unpaired) electrons. The zero-order chi connectivity index (χ0) is 33.5. The van der Waals surface area contributed by atoms with E-state index in [2.05, 4.69) is 174 Å². The van der Waals surface area contributed by atoms with Gasteiger partial charge in [-0.15, -0.1) is 0 Å². The maximum atomic E-state index is 6.52. The van der Waals surface area contributed by atoms with Crippen molar-refractivity contribution >= 4 is 11.8 Å². The monoisotopic (exact) mass is 647 g/mol. The Morgan fingerprint density at radius 3 is 2.00 bits per heavy atom. The Morgan fingerprint density at radius 1 is 0.620 bits per heavy atom. The molecule has 0 bridgehead atoms. The van der Waals surface area contributed by atoms with E-state index in [0.717, 1.165) is 39.4 Å². The van der Waals surface area contributed by atoms with Crippen LogP contribution in [0.1, 0.15) is 51.2 Å². The molecule has 242 valence electrons. The summed E-state index contributed by atoms with van der Waals surface area (Å²) in [5.41, 5.74) is 18.4. The highest BCUT2D eigenvalue weighted by Crippen LogP contribution is 2.59. The summed E-state index contributed by atoms with van der Waals surface area (Å²) < 4.78 is 6.52. The van der Waals surface area contributed by atoms with Crippen molar-refractivity contribution in [2.45, 2.75) is 17.6 Å². The number of allylic oxidation sites excluding steroid dienone is 2. The van der Waals surface area contributed by atoms with Crippen LogP contribution in [-0.4, -0.2) is 6.54 Å². The van der Waals surface area contributed by atoms with Gasteiger partial charge in [-0.1, -0.05) is 140 Å². The number of rotatable bonds is 6. The van der Waals surface area contributed by atoms with Gasteiger partial charge >= 0.3 is 0 Å². The molecule has 0 saturated heterocycles. The van der Waals surface area contributed by atoms with Crippen molar-refractivity contribution in [2.75, 3.05) is 6.54 Å². The molecule has 0 fully saturated rings. The molecular formula is C46H37N3O. The van der Waals surface area contributed by atoms with Gasteiger partial charge in [-0.05, 0) is 80.9 Å². The van der Waals surface area contributed by atoms with E-state index in [1.165, 1.54) is 33.4 Å². The van der Waals surface area contributed by atoms with Gasteiger partial charge in [0.15, 0.2) is 0 Å². The van der Waals surface area contributed by atoms with E-state index >= 15 is 0 Å². The highest BCUT2D eigenvalue weighted by Gasteiger charge is 2.49. The van der Waals surface area contributed by atoms with Gasteiger partial charge in [0.1, 0.15) is 17.7 Å². The lowest BCUT2D eigenvalue weighted by Crippen LogP contribution is -2.39. The number of benzene rings is 6. The van der Waals surface area contributed by atoms with Gasteiger partial charge in [0.2, 0.25) is 0 Å². The Hall–Kier alpha value is -5.94. The SMILES string of the molecule is NC/C=C\C1=Cc2ccc(-c3cccc(C4NC(c5ccccc5)=CC(c5ccccc5)N4)c3)cc2C12c1ccccc1Oc1ccccc12. The molecule has 2 atom stereocenters. The van der Waals surface area contributed by atoms with Gasteiger partial charge in [0.05, 0.1) is 11.5 Å². The predicted molar refractivity (Wildman–Crippen MR) is 204 cm³/mol.